The summed E-state index contributed by atoms with van der Waals surface area (Å²) in [4.78, 5) is 24.4. The van der Waals surface area contributed by atoms with E-state index in [1.54, 1.807) is 36.7 Å². The number of rotatable bonds is 14. The van der Waals surface area contributed by atoms with E-state index >= 15 is 0 Å². The third-order valence-electron chi connectivity index (χ3n) is 13.9. The molecule has 0 saturated heterocycles. The standard InChI is InChI=1S/C64H46B2Cl4N8O4/c1-37(2)35-79-43-24-20-39(21-25-43)61-59-58(63(45(32-71)54-33-73-50-28-46(67)48(69)30-52(50)75-54)77(61)65(41-14-8-6-9-15-41)42-16-10-7-11-17-42)62(40-22-26-44(27-23-40)80-36-38(3)4)78(66-81-56-18-12-13-19-57(56)82-66)64(59)60(72-5)55-34-74-51-29-47(68)49(70)31-53(51)76-55/h6-31,33-34,37-38H,35-36H2,1-4H3/b63-45-,64-60+. The molecule has 0 fully saturated rings. The highest BCUT2D eigenvalue weighted by atomic mass is 35.5. The first kappa shape index (κ1) is 53.9. The maximum atomic E-state index is 12.2. The monoisotopic (exact) mass is 1150 g/mol. The third-order valence-corrected chi connectivity index (χ3v) is 15.4. The van der Waals surface area contributed by atoms with Crippen LogP contribution >= 0.6 is 46.4 Å². The van der Waals surface area contributed by atoms with Crippen LogP contribution in [0.5, 0.6) is 23.0 Å². The molecule has 1 aliphatic heterocycles. The van der Waals surface area contributed by atoms with Crippen molar-refractivity contribution in [2.75, 3.05) is 13.2 Å². The highest BCUT2D eigenvalue weighted by Gasteiger charge is 2.42. The molecule has 18 heteroatoms. The van der Waals surface area contributed by atoms with Gasteiger partial charge in [-0.15, -0.1) is 0 Å². The fraction of sp³-hybridized carbons (Fsp3) is 0.125. The lowest BCUT2D eigenvalue weighted by Crippen LogP contribution is -2.53. The number of aromatic nitrogens is 6. The van der Waals surface area contributed by atoms with E-state index in [9.17, 15) is 11.8 Å². The van der Waals surface area contributed by atoms with Gasteiger partial charge in [-0.3, -0.25) is 15.0 Å². The Bertz CT molecular complexity index is 4450. The lowest BCUT2D eigenvalue weighted by Gasteiger charge is -2.23. The van der Waals surface area contributed by atoms with Crippen molar-refractivity contribution in [2.45, 2.75) is 27.7 Å². The minimum atomic E-state index is -1.25. The predicted molar refractivity (Wildman–Crippen MR) is 329 cm³/mol. The maximum Gasteiger partial charge on any atom is 0.742 e. The number of hydrogen-bond donors (Lipinski definition) is 0. The van der Waals surface area contributed by atoms with Crippen LogP contribution < -0.4 is 40.4 Å². The van der Waals surface area contributed by atoms with Crippen molar-refractivity contribution >= 4 is 116 Å². The Hall–Kier alpha value is -8.75. The summed E-state index contributed by atoms with van der Waals surface area (Å²) in [6, 6.07) is 52.5. The average Bonchev–Trinajstić information content (AvgIpc) is 1.68. The molecule has 0 spiro atoms. The number of nitriles is 1. The highest BCUT2D eigenvalue weighted by molar-refractivity contribution is 6.84. The molecule has 0 atom stereocenters. The van der Waals surface area contributed by atoms with E-state index in [1.807, 2.05) is 114 Å². The molecule has 0 aliphatic carbocycles. The first-order valence-corrected chi connectivity index (χ1v) is 28.0. The van der Waals surface area contributed by atoms with Crippen molar-refractivity contribution in [2.24, 2.45) is 11.8 Å². The summed E-state index contributed by atoms with van der Waals surface area (Å²) in [5, 5.41) is 15.2. The van der Waals surface area contributed by atoms with Crippen LogP contribution in [0, 0.1) is 29.7 Å². The predicted octanol–water partition coefficient (Wildman–Crippen LogP) is 13.1. The van der Waals surface area contributed by atoms with Gasteiger partial charge in [0.05, 0.1) is 90.2 Å². The van der Waals surface area contributed by atoms with Crippen molar-refractivity contribution in [3.63, 3.8) is 0 Å². The zero-order valence-electron chi connectivity index (χ0n) is 44.6. The van der Waals surface area contributed by atoms with Gasteiger partial charge >= 0.3 is 14.1 Å². The first-order chi connectivity index (χ1) is 39.9. The molecule has 12 rings (SSSR count). The molecule has 82 heavy (non-hydrogen) atoms. The van der Waals surface area contributed by atoms with E-state index in [-0.39, 0.29) is 44.5 Å². The zero-order chi connectivity index (χ0) is 56.8. The number of para-hydroxylation sites is 2. The molecule has 0 saturated carbocycles. The highest BCUT2D eigenvalue weighted by Crippen LogP contribution is 2.41. The van der Waals surface area contributed by atoms with Crippen molar-refractivity contribution in [1.82, 2.24) is 28.9 Å². The lowest BCUT2D eigenvalue weighted by atomic mass is 9.50. The number of nitrogens with zero attached hydrogens (tertiary/aromatic N) is 8. The normalized spacial score (nSPS) is 12.8. The van der Waals surface area contributed by atoms with Crippen LogP contribution in [0.15, 0.2) is 170 Å². The molecular weight excluding hydrogens is 1110 g/mol. The Morgan fingerprint density at radius 3 is 1.51 bits per heavy atom. The molecule has 0 unspecified atom stereocenters. The van der Waals surface area contributed by atoms with Crippen LogP contribution in [-0.2, 0) is 0 Å². The molecule has 0 radical (unpaired) electrons. The molecule has 11 aromatic rings. The van der Waals surface area contributed by atoms with Crippen LogP contribution in [-0.4, -0.2) is 56.2 Å². The van der Waals surface area contributed by atoms with Crippen molar-refractivity contribution in [3.05, 3.63) is 224 Å². The Kier molecular flexibility index (Phi) is 14.9. The Morgan fingerprint density at radius 1 is 0.598 bits per heavy atom. The van der Waals surface area contributed by atoms with Gasteiger partial charge in [-0.05, 0) is 108 Å². The second-order valence-corrected chi connectivity index (χ2v) is 22.2. The molecule has 1 aliphatic rings. The fourth-order valence-electron chi connectivity index (χ4n) is 10.3. The molecule has 0 N–H and O–H groups in total. The fourth-order valence-corrected chi connectivity index (χ4v) is 11.0. The van der Waals surface area contributed by atoms with Gasteiger partial charge in [-0.25, -0.2) is 9.83 Å². The van der Waals surface area contributed by atoms with E-state index < -0.39 is 14.1 Å². The smallest absolute Gasteiger partial charge is 0.503 e. The van der Waals surface area contributed by atoms with Gasteiger partial charge in [0.2, 0.25) is 5.70 Å². The van der Waals surface area contributed by atoms with Gasteiger partial charge in [0.25, 0.3) is 0 Å². The summed E-state index contributed by atoms with van der Waals surface area (Å²) >= 11 is 26.5. The van der Waals surface area contributed by atoms with Crippen LogP contribution in [0.2, 0.25) is 20.1 Å². The number of ether oxygens (including phenoxy) is 2. The summed E-state index contributed by atoms with van der Waals surface area (Å²) < 4.78 is 30.5. The van der Waals surface area contributed by atoms with Crippen molar-refractivity contribution in [3.8, 4) is 51.6 Å². The third kappa shape index (κ3) is 10.1. The molecular formula is C64H46B2Cl4N8O4. The average molecular weight is 1150 g/mol. The van der Waals surface area contributed by atoms with Crippen LogP contribution in [0.3, 0.4) is 0 Å². The summed E-state index contributed by atoms with van der Waals surface area (Å²) in [6.45, 7) is 18.1. The van der Waals surface area contributed by atoms with Crippen LogP contribution in [0.4, 0.5) is 0 Å². The van der Waals surface area contributed by atoms with E-state index in [2.05, 4.69) is 67.4 Å². The van der Waals surface area contributed by atoms with Gasteiger partial charge in [0.15, 0.2) is 0 Å². The first-order valence-electron chi connectivity index (χ1n) is 26.4. The summed E-state index contributed by atoms with van der Waals surface area (Å²) in [6.07, 6.45) is 3.13. The van der Waals surface area contributed by atoms with Gasteiger partial charge < -0.3 is 27.7 Å². The Labute approximate surface area is 493 Å². The SMILES string of the molecule is [C-]#[N+]/C(c1cnc2cc(Cl)c(Cl)cc2n1)=c1\c2c(-c3ccc(OCC(C)C)cc3)n(B(c3ccccc3)c3ccccc3)/c(=C(/C#N)c3cnc4cc(Cl)c(Cl)cc4n3)c2c(-c2ccc(OCC(C)C)cc2)n1B1Oc2ccccc2O1. The Morgan fingerprint density at radius 2 is 1.04 bits per heavy atom. The topological polar surface area (TPSA) is 126 Å². The molecule has 5 heterocycles. The van der Waals surface area contributed by atoms with E-state index in [1.165, 1.54) is 0 Å². The molecule has 7 aromatic carbocycles. The minimum absolute atomic E-state index is 0.0742. The lowest BCUT2D eigenvalue weighted by molar-refractivity contribution is 0.271. The molecule has 4 aromatic heterocycles. The minimum Gasteiger partial charge on any atom is -0.503 e. The summed E-state index contributed by atoms with van der Waals surface area (Å²) in [7, 11) is -1.25. The Balaban J connectivity index is 1.37. The molecule has 12 nitrogen and oxygen atoms in total. The van der Waals surface area contributed by atoms with Crippen molar-refractivity contribution in [1.29, 1.82) is 5.26 Å². The van der Waals surface area contributed by atoms with Crippen molar-refractivity contribution < 1.29 is 18.8 Å². The molecule has 0 bridgehead atoms. The van der Waals surface area contributed by atoms with Crippen LogP contribution in [0.1, 0.15) is 39.1 Å². The van der Waals surface area contributed by atoms with E-state index in [4.69, 9.17) is 85.1 Å². The number of halogens is 4. The number of hydrogen-bond acceptors (Lipinski definition) is 9. The quantitative estimate of drug-likeness (QED) is 0.0772. The van der Waals surface area contributed by atoms with E-state index in [0.29, 0.717) is 112 Å². The molecule has 0 amide bonds. The maximum absolute atomic E-state index is 12.2. The second-order valence-electron chi connectivity index (χ2n) is 20.5. The largest absolute Gasteiger partial charge is 0.742 e. The van der Waals surface area contributed by atoms with Gasteiger partial charge in [0.1, 0.15) is 40.3 Å². The van der Waals surface area contributed by atoms with E-state index in [0.717, 1.165) is 10.9 Å². The number of fused-ring (bicyclic) bond motifs is 4. The summed E-state index contributed by atoms with van der Waals surface area (Å²) in [5.74, 6) is 2.79. The summed E-state index contributed by atoms with van der Waals surface area (Å²) in [5.41, 5.74) is 6.71. The zero-order valence-corrected chi connectivity index (χ0v) is 47.6. The van der Waals surface area contributed by atoms with Crippen LogP contribution in [0.25, 0.3) is 71.5 Å². The second kappa shape index (κ2) is 22.7. The molecule has 400 valence electrons. The van der Waals surface area contributed by atoms with Gasteiger partial charge in [-0.1, -0.05) is 158 Å². The number of benzene rings is 7. The van der Waals surface area contributed by atoms with Gasteiger partial charge in [-0.2, -0.15) is 5.26 Å². The van der Waals surface area contributed by atoms with Gasteiger partial charge in [0, 0.05) is 22.7 Å².